The fourth-order valence-electron chi connectivity index (χ4n) is 2.85. The Balaban J connectivity index is 1.94. The molecule has 1 N–H and O–H groups in total. The monoisotopic (exact) mass is 181 g/mol. The van der Waals surface area contributed by atoms with Gasteiger partial charge in [-0.1, -0.05) is 19.8 Å². The molecule has 2 heterocycles. The predicted molar refractivity (Wildman–Crippen MR) is 56.8 cm³/mol. The van der Waals surface area contributed by atoms with Crippen LogP contribution in [0.25, 0.3) is 0 Å². The molecule has 1 nitrogen and oxygen atoms in total. The Bertz CT molecular complexity index is 139. The molecule has 13 heavy (non-hydrogen) atoms. The number of nitrogens with one attached hydrogen (secondary N) is 1. The third-order valence-corrected chi connectivity index (χ3v) is 3.84. The van der Waals surface area contributed by atoms with E-state index in [1.165, 1.54) is 51.4 Å². The highest BCUT2D eigenvalue weighted by molar-refractivity contribution is 4.81. The minimum Gasteiger partial charge on any atom is -0.311 e. The van der Waals surface area contributed by atoms with E-state index in [0.29, 0.717) is 0 Å². The minimum absolute atomic E-state index is 0.857. The Morgan fingerprint density at radius 3 is 1.85 bits per heavy atom. The van der Waals surface area contributed by atoms with Gasteiger partial charge in [0.1, 0.15) is 0 Å². The zero-order valence-electron chi connectivity index (χ0n) is 8.89. The SMILES string of the molecule is CC1CCC2CCCCC(CC1)N2. The highest BCUT2D eigenvalue weighted by atomic mass is 15.0. The highest BCUT2D eigenvalue weighted by Gasteiger charge is 2.22. The zero-order chi connectivity index (χ0) is 9.10. The van der Waals surface area contributed by atoms with Crippen molar-refractivity contribution in [1.82, 2.24) is 5.32 Å². The van der Waals surface area contributed by atoms with Crippen LogP contribution in [0.5, 0.6) is 0 Å². The second kappa shape index (κ2) is 4.45. The van der Waals surface area contributed by atoms with Gasteiger partial charge in [0.25, 0.3) is 0 Å². The number of rotatable bonds is 0. The number of hydrogen-bond acceptors (Lipinski definition) is 1. The van der Waals surface area contributed by atoms with Crippen LogP contribution in [0.1, 0.15) is 58.3 Å². The summed E-state index contributed by atoms with van der Waals surface area (Å²) in [4.78, 5) is 0. The molecule has 0 amide bonds. The summed E-state index contributed by atoms with van der Waals surface area (Å²) in [5, 5.41) is 3.84. The lowest BCUT2D eigenvalue weighted by Crippen LogP contribution is -2.38. The minimum atomic E-state index is 0.857. The van der Waals surface area contributed by atoms with E-state index in [4.69, 9.17) is 0 Å². The molecule has 0 saturated carbocycles. The van der Waals surface area contributed by atoms with E-state index in [0.717, 1.165) is 18.0 Å². The molecule has 2 saturated heterocycles. The van der Waals surface area contributed by atoms with Gasteiger partial charge in [-0.2, -0.15) is 0 Å². The first-order valence-corrected chi connectivity index (χ1v) is 6.10. The normalized spacial score (nSPS) is 41.8. The lowest BCUT2D eigenvalue weighted by Gasteiger charge is -2.28. The van der Waals surface area contributed by atoms with Crippen LogP contribution in [0.2, 0.25) is 0 Å². The van der Waals surface area contributed by atoms with Gasteiger partial charge in [0, 0.05) is 12.1 Å². The van der Waals surface area contributed by atoms with Gasteiger partial charge >= 0.3 is 0 Å². The molecular weight excluding hydrogens is 158 g/mol. The maximum Gasteiger partial charge on any atom is 0.00697 e. The van der Waals surface area contributed by atoms with Gasteiger partial charge in [-0.25, -0.2) is 0 Å². The van der Waals surface area contributed by atoms with E-state index in [-0.39, 0.29) is 0 Å². The molecule has 2 rings (SSSR count). The molecule has 2 atom stereocenters. The van der Waals surface area contributed by atoms with E-state index < -0.39 is 0 Å². The van der Waals surface area contributed by atoms with Gasteiger partial charge in [-0.15, -0.1) is 0 Å². The molecule has 0 aromatic heterocycles. The Labute approximate surface area is 82.3 Å². The number of fused-ring (bicyclic) bond motifs is 2. The van der Waals surface area contributed by atoms with Gasteiger partial charge < -0.3 is 5.32 Å². The molecule has 0 aliphatic carbocycles. The first-order chi connectivity index (χ1) is 6.34. The van der Waals surface area contributed by atoms with Crippen LogP contribution < -0.4 is 5.32 Å². The van der Waals surface area contributed by atoms with Crippen molar-refractivity contribution in [3.8, 4) is 0 Å². The van der Waals surface area contributed by atoms with Crippen LogP contribution in [-0.2, 0) is 0 Å². The summed E-state index contributed by atoms with van der Waals surface area (Å²) in [6.45, 7) is 2.43. The van der Waals surface area contributed by atoms with Gasteiger partial charge in [0.2, 0.25) is 0 Å². The summed E-state index contributed by atoms with van der Waals surface area (Å²) in [7, 11) is 0. The van der Waals surface area contributed by atoms with Crippen molar-refractivity contribution < 1.29 is 0 Å². The van der Waals surface area contributed by atoms with E-state index in [2.05, 4.69) is 12.2 Å². The maximum atomic E-state index is 3.84. The van der Waals surface area contributed by atoms with Crippen molar-refractivity contribution in [3.63, 3.8) is 0 Å². The molecule has 0 spiro atoms. The fourth-order valence-corrected chi connectivity index (χ4v) is 2.85. The molecule has 2 bridgehead atoms. The Morgan fingerprint density at radius 2 is 1.31 bits per heavy atom. The molecule has 76 valence electrons. The summed E-state index contributed by atoms with van der Waals surface area (Å²) >= 11 is 0. The fraction of sp³-hybridized carbons (Fsp3) is 1.00. The second-order valence-electron chi connectivity index (χ2n) is 5.10. The maximum absolute atomic E-state index is 3.84. The average Bonchev–Trinajstić information content (AvgIpc) is 2.35. The summed E-state index contributed by atoms with van der Waals surface area (Å²) in [5.41, 5.74) is 0. The van der Waals surface area contributed by atoms with Crippen LogP contribution >= 0.6 is 0 Å². The summed E-state index contributed by atoms with van der Waals surface area (Å²) in [5.74, 6) is 0.977. The standard InChI is InChI=1S/C12H23N/c1-10-6-8-11-4-2-3-5-12(13-11)9-7-10/h10-13H,2-9H2,1H3. The Morgan fingerprint density at radius 1 is 0.769 bits per heavy atom. The Hall–Kier alpha value is -0.0400. The molecule has 0 aromatic rings. The van der Waals surface area contributed by atoms with Crippen molar-refractivity contribution >= 4 is 0 Å². The topological polar surface area (TPSA) is 12.0 Å². The largest absolute Gasteiger partial charge is 0.311 e. The first kappa shape index (κ1) is 9.51. The smallest absolute Gasteiger partial charge is 0.00697 e. The summed E-state index contributed by atoms with van der Waals surface area (Å²) in [6, 6.07) is 1.71. The van der Waals surface area contributed by atoms with Crippen molar-refractivity contribution in [2.45, 2.75) is 70.4 Å². The van der Waals surface area contributed by atoms with Crippen LogP contribution in [0, 0.1) is 5.92 Å². The number of hydrogen-bond donors (Lipinski definition) is 1. The molecular formula is C12H23N. The molecule has 2 fully saturated rings. The molecule has 2 unspecified atom stereocenters. The van der Waals surface area contributed by atoms with Crippen LogP contribution in [-0.4, -0.2) is 12.1 Å². The Kier molecular flexibility index (Phi) is 3.26. The van der Waals surface area contributed by atoms with E-state index in [9.17, 15) is 0 Å². The van der Waals surface area contributed by atoms with Crippen LogP contribution in [0.3, 0.4) is 0 Å². The van der Waals surface area contributed by atoms with Gasteiger partial charge in [-0.05, 0) is 44.4 Å². The van der Waals surface area contributed by atoms with E-state index in [1.807, 2.05) is 0 Å². The lowest BCUT2D eigenvalue weighted by atomic mass is 9.91. The van der Waals surface area contributed by atoms with Crippen molar-refractivity contribution in [2.75, 3.05) is 0 Å². The second-order valence-corrected chi connectivity index (χ2v) is 5.10. The molecule has 0 radical (unpaired) electrons. The third-order valence-electron chi connectivity index (χ3n) is 3.84. The zero-order valence-corrected chi connectivity index (χ0v) is 8.89. The summed E-state index contributed by atoms with van der Waals surface area (Å²) < 4.78 is 0. The average molecular weight is 181 g/mol. The van der Waals surface area contributed by atoms with Gasteiger partial charge in [-0.3, -0.25) is 0 Å². The van der Waals surface area contributed by atoms with Crippen molar-refractivity contribution in [1.29, 1.82) is 0 Å². The third kappa shape index (κ3) is 2.70. The van der Waals surface area contributed by atoms with Gasteiger partial charge in [0.05, 0.1) is 0 Å². The lowest BCUT2D eigenvalue weighted by molar-refractivity contribution is 0.304. The van der Waals surface area contributed by atoms with Crippen LogP contribution in [0.4, 0.5) is 0 Å². The van der Waals surface area contributed by atoms with Gasteiger partial charge in [0.15, 0.2) is 0 Å². The summed E-state index contributed by atoms with van der Waals surface area (Å²) in [6.07, 6.45) is 11.5. The van der Waals surface area contributed by atoms with Crippen LogP contribution in [0.15, 0.2) is 0 Å². The van der Waals surface area contributed by atoms with E-state index >= 15 is 0 Å². The van der Waals surface area contributed by atoms with E-state index in [1.54, 1.807) is 0 Å². The highest BCUT2D eigenvalue weighted by Crippen LogP contribution is 2.25. The molecule has 0 aromatic carbocycles. The first-order valence-electron chi connectivity index (χ1n) is 6.10. The molecule has 2 aliphatic rings. The van der Waals surface area contributed by atoms with Crippen molar-refractivity contribution in [2.24, 2.45) is 5.92 Å². The molecule has 1 heteroatoms. The quantitative estimate of drug-likeness (QED) is 0.605. The van der Waals surface area contributed by atoms with Crippen molar-refractivity contribution in [3.05, 3.63) is 0 Å². The molecule has 2 aliphatic heterocycles. The predicted octanol–water partition coefficient (Wildman–Crippen LogP) is 3.10.